The van der Waals surface area contributed by atoms with E-state index in [1.807, 2.05) is 43.3 Å². The number of terminal acetylenes is 1. The first-order valence-electron chi connectivity index (χ1n) is 8.95. The predicted octanol–water partition coefficient (Wildman–Crippen LogP) is 3.76. The number of urea groups is 1. The molecule has 1 unspecified atom stereocenters. The Hall–Kier alpha value is -3.12. The number of thiazole rings is 1. The van der Waals surface area contributed by atoms with Crippen LogP contribution in [0.3, 0.4) is 0 Å². The van der Waals surface area contributed by atoms with Crippen LogP contribution in [-0.2, 0) is 0 Å². The molecule has 7 nitrogen and oxygen atoms in total. The Morgan fingerprint density at radius 1 is 1.37 bits per heavy atom. The zero-order valence-electron chi connectivity index (χ0n) is 16.4. The number of aliphatic hydroxyl groups is 1. The molecule has 9 heteroatoms. The number of amides is 2. The van der Waals surface area contributed by atoms with Crippen LogP contribution in [0.25, 0.3) is 11.1 Å². The first kappa shape index (κ1) is 21.6. The summed E-state index contributed by atoms with van der Waals surface area (Å²) in [5, 5.41) is 17.7. The van der Waals surface area contributed by atoms with Crippen molar-refractivity contribution in [2.75, 3.05) is 30.9 Å². The summed E-state index contributed by atoms with van der Waals surface area (Å²) in [6.45, 7) is -0.300. The van der Waals surface area contributed by atoms with Crippen molar-refractivity contribution < 1.29 is 9.90 Å². The lowest BCUT2D eigenvalue weighted by Crippen LogP contribution is -2.34. The molecule has 0 spiro atoms. The molecular formula is C21H20ClN5O2S. The number of halogens is 1. The van der Waals surface area contributed by atoms with E-state index in [1.54, 1.807) is 17.6 Å². The summed E-state index contributed by atoms with van der Waals surface area (Å²) in [6.07, 6.45) is 7.01. The van der Waals surface area contributed by atoms with E-state index in [4.69, 9.17) is 18.0 Å². The molecule has 0 fully saturated rings. The van der Waals surface area contributed by atoms with Crippen molar-refractivity contribution in [2.45, 2.75) is 6.04 Å². The summed E-state index contributed by atoms with van der Waals surface area (Å²) in [5.41, 5.74) is 2.36. The van der Waals surface area contributed by atoms with E-state index in [9.17, 15) is 9.90 Å². The van der Waals surface area contributed by atoms with Gasteiger partial charge in [0.25, 0.3) is 0 Å². The van der Waals surface area contributed by atoms with E-state index < -0.39 is 12.1 Å². The standard InChI is InChI=1S/C21H20ClN5O2S/c1-4-19-25-18(12-30-19)26-21(29)24-17(11-28)13-7-8-14(16(22)10-13)15-6-5-9-23-20(15)27(2)3/h1,5-10,12,17,28H,11H2,2-3H3,(H2,24,26,29). The van der Waals surface area contributed by atoms with E-state index in [-0.39, 0.29) is 6.61 Å². The number of pyridine rings is 1. The van der Waals surface area contributed by atoms with Gasteiger partial charge in [-0.2, -0.15) is 0 Å². The zero-order chi connectivity index (χ0) is 21.7. The van der Waals surface area contributed by atoms with E-state index in [0.29, 0.717) is 21.4 Å². The molecule has 0 aliphatic rings. The maximum atomic E-state index is 12.3. The van der Waals surface area contributed by atoms with Crippen LogP contribution in [0.1, 0.15) is 16.6 Å². The summed E-state index contributed by atoms with van der Waals surface area (Å²) in [4.78, 5) is 22.7. The van der Waals surface area contributed by atoms with Crippen molar-refractivity contribution >= 4 is 40.6 Å². The Morgan fingerprint density at radius 2 is 2.17 bits per heavy atom. The quantitative estimate of drug-likeness (QED) is 0.507. The van der Waals surface area contributed by atoms with Crippen LogP contribution in [0, 0.1) is 12.3 Å². The number of rotatable bonds is 6. The minimum atomic E-state index is -0.649. The van der Waals surface area contributed by atoms with Gasteiger partial charge in [0.1, 0.15) is 11.6 Å². The van der Waals surface area contributed by atoms with Gasteiger partial charge in [0, 0.05) is 41.8 Å². The molecule has 3 aromatic rings. The molecule has 0 bridgehead atoms. The van der Waals surface area contributed by atoms with Gasteiger partial charge in [-0.05, 0) is 29.7 Å². The molecule has 2 aromatic heterocycles. The van der Waals surface area contributed by atoms with Crippen LogP contribution in [0.2, 0.25) is 5.02 Å². The number of hydrogen-bond acceptors (Lipinski definition) is 6. The number of anilines is 2. The van der Waals surface area contributed by atoms with E-state index in [2.05, 4.69) is 26.5 Å². The highest BCUT2D eigenvalue weighted by atomic mass is 35.5. The third-order valence-electron chi connectivity index (χ3n) is 4.25. The Kier molecular flexibility index (Phi) is 6.90. The second-order valence-electron chi connectivity index (χ2n) is 6.52. The number of nitrogens with zero attached hydrogens (tertiary/aromatic N) is 3. The van der Waals surface area contributed by atoms with Crippen LogP contribution in [0.5, 0.6) is 0 Å². The number of carbonyl (C=O) groups is 1. The average molecular weight is 442 g/mol. The Bertz CT molecular complexity index is 1090. The van der Waals surface area contributed by atoms with E-state index in [1.165, 1.54) is 11.3 Å². The number of hydrogen-bond donors (Lipinski definition) is 3. The molecule has 3 rings (SSSR count). The van der Waals surface area contributed by atoms with Crippen molar-refractivity contribution in [2.24, 2.45) is 0 Å². The van der Waals surface area contributed by atoms with Gasteiger partial charge >= 0.3 is 6.03 Å². The lowest BCUT2D eigenvalue weighted by Gasteiger charge is -2.19. The van der Waals surface area contributed by atoms with Gasteiger partial charge < -0.3 is 15.3 Å². The zero-order valence-corrected chi connectivity index (χ0v) is 18.0. The summed E-state index contributed by atoms with van der Waals surface area (Å²) in [6, 6.07) is 8.02. The third kappa shape index (κ3) is 4.89. The first-order chi connectivity index (χ1) is 14.4. The molecule has 0 aliphatic heterocycles. The SMILES string of the molecule is C#Cc1nc(NC(=O)NC(CO)c2ccc(-c3cccnc3N(C)C)c(Cl)c2)cs1. The van der Waals surface area contributed by atoms with Crippen molar-refractivity contribution in [1.29, 1.82) is 0 Å². The van der Waals surface area contributed by atoms with Crippen molar-refractivity contribution in [3.05, 3.63) is 57.5 Å². The predicted molar refractivity (Wildman–Crippen MR) is 121 cm³/mol. The monoisotopic (exact) mass is 441 g/mol. The largest absolute Gasteiger partial charge is 0.394 e. The fourth-order valence-corrected chi connectivity index (χ4v) is 3.72. The molecule has 2 heterocycles. The van der Waals surface area contributed by atoms with E-state index in [0.717, 1.165) is 16.9 Å². The maximum Gasteiger partial charge on any atom is 0.320 e. The lowest BCUT2D eigenvalue weighted by molar-refractivity contribution is 0.225. The van der Waals surface area contributed by atoms with Gasteiger partial charge in [-0.1, -0.05) is 23.7 Å². The Labute approximate surface area is 183 Å². The molecule has 0 aliphatic carbocycles. The van der Waals surface area contributed by atoms with Crippen LogP contribution < -0.4 is 15.5 Å². The minimum Gasteiger partial charge on any atom is -0.394 e. The van der Waals surface area contributed by atoms with Crippen LogP contribution in [0.15, 0.2) is 41.9 Å². The van der Waals surface area contributed by atoms with Gasteiger partial charge in [-0.15, -0.1) is 17.8 Å². The fraction of sp³-hybridized carbons (Fsp3) is 0.190. The minimum absolute atomic E-state index is 0.300. The molecule has 0 saturated heterocycles. The van der Waals surface area contributed by atoms with Gasteiger partial charge in [0.05, 0.1) is 12.6 Å². The molecule has 1 aromatic carbocycles. The summed E-state index contributed by atoms with van der Waals surface area (Å²) < 4.78 is 0. The van der Waals surface area contributed by atoms with Crippen LogP contribution in [-0.4, -0.2) is 41.8 Å². The second kappa shape index (κ2) is 9.59. The highest BCUT2D eigenvalue weighted by molar-refractivity contribution is 7.10. The second-order valence-corrected chi connectivity index (χ2v) is 7.79. The topological polar surface area (TPSA) is 90.4 Å². The average Bonchev–Trinajstić information content (AvgIpc) is 3.19. The number of benzene rings is 1. The van der Waals surface area contributed by atoms with Crippen molar-refractivity contribution in [3.8, 4) is 23.5 Å². The lowest BCUT2D eigenvalue weighted by atomic mass is 10.0. The van der Waals surface area contributed by atoms with Crippen molar-refractivity contribution in [1.82, 2.24) is 15.3 Å². The number of aromatic nitrogens is 2. The van der Waals surface area contributed by atoms with Gasteiger partial charge in [-0.3, -0.25) is 5.32 Å². The number of nitrogens with one attached hydrogen (secondary N) is 2. The summed E-state index contributed by atoms with van der Waals surface area (Å²) >= 11 is 7.79. The number of aliphatic hydroxyl groups excluding tert-OH is 1. The van der Waals surface area contributed by atoms with Gasteiger partial charge in [-0.25, -0.2) is 14.8 Å². The molecule has 1 atom stereocenters. The third-order valence-corrected chi connectivity index (χ3v) is 5.34. The van der Waals surface area contributed by atoms with Gasteiger partial charge in [0.2, 0.25) is 0 Å². The Morgan fingerprint density at radius 3 is 2.80 bits per heavy atom. The maximum absolute atomic E-state index is 12.3. The van der Waals surface area contributed by atoms with E-state index >= 15 is 0 Å². The molecule has 3 N–H and O–H groups in total. The molecule has 0 saturated carbocycles. The smallest absolute Gasteiger partial charge is 0.320 e. The fourth-order valence-electron chi connectivity index (χ4n) is 2.87. The normalized spacial score (nSPS) is 11.4. The Balaban J connectivity index is 1.78. The molecular weight excluding hydrogens is 422 g/mol. The molecule has 0 radical (unpaired) electrons. The highest BCUT2D eigenvalue weighted by Crippen LogP contribution is 2.34. The summed E-state index contributed by atoms with van der Waals surface area (Å²) in [5.74, 6) is 3.55. The summed E-state index contributed by atoms with van der Waals surface area (Å²) in [7, 11) is 3.82. The molecule has 154 valence electrons. The highest BCUT2D eigenvalue weighted by Gasteiger charge is 2.18. The van der Waals surface area contributed by atoms with Crippen molar-refractivity contribution in [3.63, 3.8) is 0 Å². The number of carbonyl (C=O) groups excluding carboxylic acids is 1. The van der Waals surface area contributed by atoms with Crippen LogP contribution >= 0.6 is 22.9 Å². The van der Waals surface area contributed by atoms with Gasteiger partial charge in [0.15, 0.2) is 5.01 Å². The molecule has 2 amide bonds. The van der Waals surface area contributed by atoms with Crippen LogP contribution in [0.4, 0.5) is 16.4 Å². The molecule has 30 heavy (non-hydrogen) atoms. The first-order valence-corrected chi connectivity index (χ1v) is 10.2.